The number of aromatic amines is 1. The van der Waals surface area contributed by atoms with Gasteiger partial charge in [-0.25, -0.2) is 0 Å². The average Bonchev–Trinajstić information content (AvgIpc) is 2.43. The van der Waals surface area contributed by atoms with Crippen molar-refractivity contribution in [1.82, 2.24) is 9.97 Å². The van der Waals surface area contributed by atoms with E-state index in [9.17, 15) is 9.90 Å². The molecule has 19 heavy (non-hydrogen) atoms. The van der Waals surface area contributed by atoms with Gasteiger partial charge in [0.2, 0.25) is 5.88 Å². The standard InChI is InChI=1S/C12H11IN2O4/c1-18-7-4-3-6(5-8(7)19-2)10-14-11(16)9(13)12(17)15-10/h3-5H,1-2H3,(H2,14,15,16,17). The highest BCUT2D eigenvalue weighted by Crippen LogP contribution is 2.31. The molecule has 0 atom stereocenters. The maximum atomic E-state index is 11.6. The van der Waals surface area contributed by atoms with Crippen LogP contribution in [-0.2, 0) is 0 Å². The Labute approximate surface area is 122 Å². The Morgan fingerprint density at radius 3 is 2.53 bits per heavy atom. The van der Waals surface area contributed by atoms with Gasteiger partial charge in [0, 0.05) is 5.56 Å². The van der Waals surface area contributed by atoms with E-state index in [4.69, 9.17) is 9.47 Å². The second-order valence-electron chi connectivity index (χ2n) is 3.62. The van der Waals surface area contributed by atoms with Gasteiger partial charge in [0.15, 0.2) is 11.5 Å². The van der Waals surface area contributed by atoms with Crippen LogP contribution in [0.3, 0.4) is 0 Å². The van der Waals surface area contributed by atoms with Crippen molar-refractivity contribution < 1.29 is 14.6 Å². The maximum absolute atomic E-state index is 11.6. The number of nitrogens with zero attached hydrogens (tertiary/aromatic N) is 1. The smallest absolute Gasteiger partial charge is 0.268 e. The highest BCUT2D eigenvalue weighted by Gasteiger charge is 2.11. The van der Waals surface area contributed by atoms with Crippen molar-refractivity contribution in [1.29, 1.82) is 0 Å². The molecule has 1 aromatic heterocycles. The number of hydrogen-bond donors (Lipinski definition) is 2. The normalized spacial score (nSPS) is 10.3. The molecule has 2 aromatic rings. The summed E-state index contributed by atoms with van der Waals surface area (Å²) in [6.07, 6.45) is 0. The van der Waals surface area contributed by atoms with Crippen molar-refractivity contribution in [2.45, 2.75) is 0 Å². The fourth-order valence-electron chi connectivity index (χ4n) is 1.57. The largest absolute Gasteiger partial charge is 0.493 e. The van der Waals surface area contributed by atoms with E-state index in [1.807, 2.05) is 0 Å². The molecular weight excluding hydrogens is 363 g/mol. The predicted molar refractivity (Wildman–Crippen MR) is 77.8 cm³/mol. The lowest BCUT2D eigenvalue weighted by atomic mass is 10.2. The molecule has 0 bridgehead atoms. The zero-order valence-electron chi connectivity index (χ0n) is 10.2. The van der Waals surface area contributed by atoms with E-state index in [-0.39, 0.29) is 15.3 Å². The van der Waals surface area contributed by atoms with Crippen LogP contribution in [-0.4, -0.2) is 29.3 Å². The van der Waals surface area contributed by atoms with E-state index >= 15 is 0 Å². The van der Waals surface area contributed by atoms with Gasteiger partial charge in [0.1, 0.15) is 9.39 Å². The van der Waals surface area contributed by atoms with E-state index in [2.05, 4.69) is 9.97 Å². The zero-order valence-corrected chi connectivity index (χ0v) is 12.4. The number of H-pyrrole nitrogens is 1. The molecule has 0 spiro atoms. The Bertz CT molecular complexity index is 669. The fraction of sp³-hybridized carbons (Fsp3) is 0.167. The number of hydrogen-bond acceptors (Lipinski definition) is 5. The minimum Gasteiger partial charge on any atom is -0.493 e. The third-order valence-electron chi connectivity index (χ3n) is 2.50. The lowest BCUT2D eigenvalue weighted by Gasteiger charge is -2.09. The lowest BCUT2D eigenvalue weighted by molar-refractivity contribution is 0.355. The molecule has 1 aromatic carbocycles. The minimum absolute atomic E-state index is 0.154. The number of methoxy groups -OCH3 is 2. The Hall–Kier alpha value is -1.77. The van der Waals surface area contributed by atoms with Crippen molar-refractivity contribution >= 4 is 22.6 Å². The summed E-state index contributed by atoms with van der Waals surface area (Å²) < 4.78 is 10.5. The van der Waals surface area contributed by atoms with Gasteiger partial charge < -0.3 is 19.6 Å². The van der Waals surface area contributed by atoms with Crippen LogP contribution in [0.25, 0.3) is 11.4 Å². The van der Waals surface area contributed by atoms with E-state index in [1.165, 1.54) is 14.2 Å². The summed E-state index contributed by atoms with van der Waals surface area (Å²) in [5.41, 5.74) is 0.222. The lowest BCUT2D eigenvalue weighted by Crippen LogP contribution is -2.12. The Kier molecular flexibility index (Phi) is 3.93. The monoisotopic (exact) mass is 374 g/mol. The number of aromatic hydroxyl groups is 1. The van der Waals surface area contributed by atoms with Gasteiger partial charge in [-0.15, -0.1) is 0 Å². The molecule has 2 rings (SSSR count). The average molecular weight is 374 g/mol. The summed E-state index contributed by atoms with van der Waals surface area (Å²) in [6.45, 7) is 0. The van der Waals surface area contributed by atoms with Crippen LogP contribution in [0, 0.1) is 3.57 Å². The molecule has 0 amide bonds. The molecule has 6 nitrogen and oxygen atoms in total. The molecule has 0 saturated carbocycles. The van der Waals surface area contributed by atoms with Crippen LogP contribution in [0.5, 0.6) is 17.4 Å². The molecule has 0 unspecified atom stereocenters. The first-order valence-electron chi connectivity index (χ1n) is 5.28. The van der Waals surface area contributed by atoms with Crippen LogP contribution in [0.15, 0.2) is 23.0 Å². The van der Waals surface area contributed by atoms with Crippen LogP contribution >= 0.6 is 22.6 Å². The SMILES string of the molecule is COc1ccc(-c2nc(O)c(I)c(=O)[nH]2)cc1OC. The summed E-state index contributed by atoms with van der Waals surface area (Å²) in [7, 11) is 3.05. The third kappa shape index (κ3) is 2.65. The first-order chi connectivity index (χ1) is 9.06. The predicted octanol–water partition coefficient (Wildman–Crippen LogP) is 1.76. The summed E-state index contributed by atoms with van der Waals surface area (Å²) in [4.78, 5) is 18.1. The van der Waals surface area contributed by atoms with Gasteiger partial charge in [-0.1, -0.05) is 0 Å². The summed E-state index contributed by atoms with van der Waals surface area (Å²) >= 11 is 1.73. The van der Waals surface area contributed by atoms with Gasteiger partial charge in [0.05, 0.1) is 14.2 Å². The molecule has 1 heterocycles. The fourth-order valence-corrected chi connectivity index (χ4v) is 1.82. The quantitative estimate of drug-likeness (QED) is 0.800. The Morgan fingerprint density at radius 2 is 1.95 bits per heavy atom. The van der Waals surface area contributed by atoms with Crippen molar-refractivity contribution in [3.63, 3.8) is 0 Å². The molecular formula is C12H11IN2O4. The Balaban J connectivity index is 2.56. The first-order valence-corrected chi connectivity index (χ1v) is 6.36. The van der Waals surface area contributed by atoms with E-state index in [0.717, 1.165) is 0 Å². The molecule has 2 N–H and O–H groups in total. The van der Waals surface area contributed by atoms with E-state index in [0.29, 0.717) is 17.1 Å². The highest BCUT2D eigenvalue weighted by atomic mass is 127. The van der Waals surface area contributed by atoms with Gasteiger partial charge in [-0.3, -0.25) is 4.79 Å². The van der Waals surface area contributed by atoms with E-state index in [1.54, 1.807) is 40.8 Å². The molecule has 7 heteroatoms. The van der Waals surface area contributed by atoms with Gasteiger partial charge >= 0.3 is 0 Å². The molecule has 0 saturated heterocycles. The maximum Gasteiger partial charge on any atom is 0.268 e. The number of halogens is 1. The van der Waals surface area contributed by atoms with Gasteiger partial charge in [-0.05, 0) is 40.8 Å². The van der Waals surface area contributed by atoms with Crippen molar-refractivity contribution in [2.24, 2.45) is 0 Å². The molecule has 100 valence electrons. The van der Waals surface area contributed by atoms with Gasteiger partial charge in [-0.2, -0.15) is 4.98 Å². The van der Waals surface area contributed by atoms with Crippen LogP contribution in [0.1, 0.15) is 0 Å². The third-order valence-corrected chi connectivity index (χ3v) is 3.47. The van der Waals surface area contributed by atoms with Crippen LogP contribution in [0.2, 0.25) is 0 Å². The summed E-state index contributed by atoms with van der Waals surface area (Å²) in [5.74, 6) is 1.06. The molecule has 0 aliphatic carbocycles. The topological polar surface area (TPSA) is 84.4 Å². The van der Waals surface area contributed by atoms with Crippen LogP contribution < -0.4 is 15.0 Å². The number of aromatic nitrogens is 2. The zero-order chi connectivity index (χ0) is 14.0. The summed E-state index contributed by atoms with van der Waals surface area (Å²) in [5, 5.41) is 9.57. The number of rotatable bonds is 3. The van der Waals surface area contributed by atoms with Crippen molar-refractivity contribution in [3.05, 3.63) is 32.1 Å². The molecule has 0 aliphatic heterocycles. The Morgan fingerprint density at radius 1 is 1.26 bits per heavy atom. The summed E-state index contributed by atoms with van der Waals surface area (Å²) in [6, 6.07) is 5.08. The highest BCUT2D eigenvalue weighted by molar-refractivity contribution is 14.1. The number of nitrogens with one attached hydrogen (secondary N) is 1. The van der Waals surface area contributed by atoms with Crippen molar-refractivity contribution in [3.8, 4) is 28.8 Å². The first kappa shape index (κ1) is 13.7. The van der Waals surface area contributed by atoms with Crippen molar-refractivity contribution in [2.75, 3.05) is 14.2 Å². The number of ether oxygens (including phenoxy) is 2. The molecule has 0 aliphatic rings. The van der Waals surface area contributed by atoms with E-state index < -0.39 is 5.56 Å². The van der Waals surface area contributed by atoms with Gasteiger partial charge in [0.25, 0.3) is 5.56 Å². The number of benzene rings is 1. The molecule has 0 radical (unpaired) electrons. The molecule has 0 fully saturated rings. The van der Waals surface area contributed by atoms with Crippen LogP contribution in [0.4, 0.5) is 0 Å². The minimum atomic E-state index is -0.391. The second kappa shape index (κ2) is 5.47. The second-order valence-corrected chi connectivity index (χ2v) is 4.70.